The third-order valence-corrected chi connectivity index (χ3v) is 4.78. The number of carboxylic acids is 1. The van der Waals surface area contributed by atoms with E-state index < -0.39 is 15.8 Å². The summed E-state index contributed by atoms with van der Waals surface area (Å²) in [6, 6.07) is -0.171. The van der Waals surface area contributed by atoms with Crippen LogP contribution in [0.2, 0.25) is 0 Å². The molecule has 1 aromatic rings. The van der Waals surface area contributed by atoms with Gasteiger partial charge in [0.15, 0.2) is 9.84 Å². The first kappa shape index (κ1) is 12.1. The van der Waals surface area contributed by atoms with Gasteiger partial charge in [-0.1, -0.05) is 0 Å². The first-order chi connectivity index (χ1) is 7.89. The molecule has 0 amide bonds. The van der Waals surface area contributed by atoms with E-state index in [-0.39, 0.29) is 24.0 Å². The van der Waals surface area contributed by atoms with E-state index in [2.05, 4.69) is 4.98 Å². The number of hydrogen-bond acceptors (Lipinski definition) is 4. The summed E-state index contributed by atoms with van der Waals surface area (Å²) in [5.41, 5.74) is 1.25. The van der Waals surface area contributed by atoms with Crippen molar-refractivity contribution < 1.29 is 18.3 Å². The molecule has 0 radical (unpaired) electrons. The van der Waals surface area contributed by atoms with Gasteiger partial charge in [0, 0.05) is 6.04 Å². The van der Waals surface area contributed by atoms with Crippen molar-refractivity contribution in [2.24, 2.45) is 0 Å². The number of aryl methyl sites for hydroxylation is 1. The molecule has 7 heteroatoms. The van der Waals surface area contributed by atoms with Crippen molar-refractivity contribution in [2.45, 2.75) is 25.8 Å². The molecule has 0 bridgehead atoms. The number of rotatable bonds is 3. The highest BCUT2D eigenvalue weighted by atomic mass is 32.2. The Bertz CT molecular complexity index is 547. The first-order valence-electron chi connectivity index (χ1n) is 5.33. The standard InChI is InChI=1S/C10H14N2O4S/c1-7-9(4-10(13)14)12(6-11-7)8-2-3-17(15,16)5-8/h6,8H,2-5H2,1H3,(H,13,14). The Balaban J connectivity index is 2.30. The summed E-state index contributed by atoms with van der Waals surface area (Å²) in [6.07, 6.45) is 1.95. The zero-order valence-electron chi connectivity index (χ0n) is 9.46. The van der Waals surface area contributed by atoms with Crippen LogP contribution in [-0.4, -0.2) is 40.6 Å². The fourth-order valence-electron chi connectivity index (χ4n) is 2.15. The molecule has 17 heavy (non-hydrogen) atoms. The maximum Gasteiger partial charge on any atom is 0.309 e. The Hall–Kier alpha value is -1.37. The smallest absolute Gasteiger partial charge is 0.309 e. The number of imidazole rings is 1. The van der Waals surface area contributed by atoms with Gasteiger partial charge in [-0.25, -0.2) is 13.4 Å². The molecule has 1 aromatic heterocycles. The summed E-state index contributed by atoms with van der Waals surface area (Å²) in [7, 11) is -2.98. The summed E-state index contributed by atoms with van der Waals surface area (Å²) in [4.78, 5) is 14.8. The quantitative estimate of drug-likeness (QED) is 0.835. The largest absolute Gasteiger partial charge is 0.481 e. The predicted molar refractivity (Wildman–Crippen MR) is 60.6 cm³/mol. The van der Waals surface area contributed by atoms with E-state index in [0.29, 0.717) is 17.8 Å². The van der Waals surface area contributed by atoms with Crippen molar-refractivity contribution in [1.82, 2.24) is 9.55 Å². The summed E-state index contributed by atoms with van der Waals surface area (Å²) in [6.45, 7) is 1.73. The molecule has 1 aliphatic heterocycles. The van der Waals surface area contributed by atoms with Crippen LogP contribution in [0.1, 0.15) is 23.9 Å². The van der Waals surface area contributed by atoms with Crippen molar-refractivity contribution in [3.05, 3.63) is 17.7 Å². The molecule has 1 fully saturated rings. The second-order valence-electron chi connectivity index (χ2n) is 4.31. The monoisotopic (exact) mass is 258 g/mol. The van der Waals surface area contributed by atoms with Gasteiger partial charge in [0.05, 0.1) is 35.6 Å². The van der Waals surface area contributed by atoms with Gasteiger partial charge in [-0.2, -0.15) is 0 Å². The summed E-state index contributed by atoms with van der Waals surface area (Å²) in [5.74, 6) is -0.688. The lowest BCUT2D eigenvalue weighted by Gasteiger charge is -2.13. The minimum Gasteiger partial charge on any atom is -0.481 e. The Morgan fingerprint density at radius 1 is 1.65 bits per heavy atom. The maximum atomic E-state index is 11.4. The fraction of sp³-hybridized carbons (Fsp3) is 0.600. The van der Waals surface area contributed by atoms with Crippen molar-refractivity contribution in [3.63, 3.8) is 0 Å². The van der Waals surface area contributed by atoms with E-state index in [0.717, 1.165) is 0 Å². The molecule has 94 valence electrons. The third-order valence-electron chi connectivity index (χ3n) is 3.03. The number of carbonyl (C=O) groups is 1. The van der Waals surface area contributed by atoms with Gasteiger partial charge in [0.1, 0.15) is 0 Å². The Kier molecular flexibility index (Phi) is 2.94. The molecule has 1 saturated heterocycles. The van der Waals surface area contributed by atoms with E-state index in [1.165, 1.54) is 0 Å². The van der Waals surface area contributed by atoms with Gasteiger partial charge in [0.2, 0.25) is 0 Å². The van der Waals surface area contributed by atoms with E-state index >= 15 is 0 Å². The van der Waals surface area contributed by atoms with Gasteiger partial charge in [-0.15, -0.1) is 0 Å². The lowest BCUT2D eigenvalue weighted by molar-refractivity contribution is -0.136. The summed E-state index contributed by atoms with van der Waals surface area (Å²) >= 11 is 0. The molecule has 6 nitrogen and oxygen atoms in total. The van der Waals surface area contributed by atoms with Crippen LogP contribution < -0.4 is 0 Å². The SMILES string of the molecule is Cc1ncn(C2CCS(=O)(=O)C2)c1CC(=O)O. The number of nitrogens with zero attached hydrogens (tertiary/aromatic N) is 2. The first-order valence-corrected chi connectivity index (χ1v) is 7.16. The molecule has 0 aliphatic carbocycles. The van der Waals surface area contributed by atoms with Crippen LogP contribution in [0, 0.1) is 6.92 Å². The number of carboxylic acid groups (broad SMARTS) is 1. The van der Waals surface area contributed by atoms with Crippen LogP contribution in [0.5, 0.6) is 0 Å². The Morgan fingerprint density at radius 2 is 2.35 bits per heavy atom. The van der Waals surface area contributed by atoms with Gasteiger partial charge in [-0.3, -0.25) is 4.79 Å². The third kappa shape index (κ3) is 2.49. The van der Waals surface area contributed by atoms with Crippen molar-refractivity contribution in [3.8, 4) is 0 Å². The van der Waals surface area contributed by atoms with Gasteiger partial charge < -0.3 is 9.67 Å². The van der Waals surface area contributed by atoms with E-state index in [1.807, 2.05) is 0 Å². The van der Waals surface area contributed by atoms with Gasteiger partial charge in [-0.05, 0) is 13.3 Å². The molecule has 1 aliphatic rings. The van der Waals surface area contributed by atoms with E-state index in [9.17, 15) is 13.2 Å². The zero-order chi connectivity index (χ0) is 12.6. The van der Waals surface area contributed by atoms with Crippen LogP contribution >= 0.6 is 0 Å². The number of sulfone groups is 1. The highest BCUT2D eigenvalue weighted by Gasteiger charge is 2.30. The molecule has 1 unspecified atom stereocenters. The Morgan fingerprint density at radius 3 is 2.88 bits per heavy atom. The maximum absolute atomic E-state index is 11.4. The average molecular weight is 258 g/mol. The van der Waals surface area contributed by atoms with Crippen LogP contribution in [0.25, 0.3) is 0 Å². The van der Waals surface area contributed by atoms with Crippen LogP contribution in [0.3, 0.4) is 0 Å². The van der Waals surface area contributed by atoms with Crippen LogP contribution in [0.15, 0.2) is 6.33 Å². The van der Waals surface area contributed by atoms with E-state index in [1.54, 1.807) is 17.8 Å². The average Bonchev–Trinajstić information content (AvgIpc) is 2.71. The molecule has 0 aromatic carbocycles. The number of aliphatic carboxylic acids is 1. The van der Waals surface area contributed by atoms with Crippen molar-refractivity contribution in [1.29, 1.82) is 0 Å². The highest BCUT2D eigenvalue weighted by Crippen LogP contribution is 2.26. The molecule has 1 N–H and O–H groups in total. The van der Waals surface area contributed by atoms with E-state index in [4.69, 9.17) is 5.11 Å². The van der Waals surface area contributed by atoms with Crippen molar-refractivity contribution in [2.75, 3.05) is 11.5 Å². The minimum absolute atomic E-state index is 0.0788. The topological polar surface area (TPSA) is 89.3 Å². The fourth-order valence-corrected chi connectivity index (χ4v) is 3.86. The van der Waals surface area contributed by atoms with Gasteiger partial charge >= 0.3 is 5.97 Å². The summed E-state index contributed by atoms with van der Waals surface area (Å²) in [5, 5.41) is 8.82. The molecular formula is C10H14N2O4S. The lowest BCUT2D eigenvalue weighted by Crippen LogP contribution is -2.15. The highest BCUT2D eigenvalue weighted by molar-refractivity contribution is 7.91. The Labute approximate surface area is 99.2 Å². The zero-order valence-corrected chi connectivity index (χ0v) is 10.3. The van der Waals surface area contributed by atoms with Crippen LogP contribution in [-0.2, 0) is 21.1 Å². The normalized spacial score (nSPS) is 22.8. The predicted octanol–water partition coefficient (Wildman–Crippen LogP) is 0.178. The van der Waals surface area contributed by atoms with Gasteiger partial charge in [0.25, 0.3) is 0 Å². The molecule has 2 rings (SSSR count). The van der Waals surface area contributed by atoms with Crippen LogP contribution in [0.4, 0.5) is 0 Å². The minimum atomic E-state index is -2.98. The van der Waals surface area contributed by atoms with Crippen molar-refractivity contribution >= 4 is 15.8 Å². The molecule has 1 atom stereocenters. The second-order valence-corrected chi connectivity index (χ2v) is 6.54. The molecule has 0 spiro atoms. The second kappa shape index (κ2) is 4.14. The molecular weight excluding hydrogens is 244 g/mol. The summed E-state index contributed by atoms with van der Waals surface area (Å²) < 4.78 is 24.5. The molecule has 2 heterocycles. The molecule has 0 saturated carbocycles. The number of hydrogen-bond donors (Lipinski definition) is 1. The lowest BCUT2D eigenvalue weighted by atomic mass is 10.2. The number of aromatic nitrogens is 2.